The van der Waals surface area contributed by atoms with Crippen molar-refractivity contribution in [3.63, 3.8) is 0 Å². The summed E-state index contributed by atoms with van der Waals surface area (Å²) < 4.78 is 30.5. The minimum absolute atomic E-state index is 0. The first kappa shape index (κ1) is 19.6. The molecule has 2 saturated heterocycles. The lowest BCUT2D eigenvalue weighted by molar-refractivity contribution is 0.179. The molecule has 1 atom stereocenters. The van der Waals surface area contributed by atoms with Crippen molar-refractivity contribution in [2.45, 2.75) is 24.3 Å². The van der Waals surface area contributed by atoms with Gasteiger partial charge < -0.3 is 9.88 Å². The SMILES string of the molecule is Cc1c(S(=O)(=O)N2CCC(N3CCNCC3)C2)c2ccccc2n1C.Cl. The van der Waals surface area contributed by atoms with Crippen molar-refractivity contribution in [3.8, 4) is 0 Å². The molecule has 1 N–H and O–H groups in total. The summed E-state index contributed by atoms with van der Waals surface area (Å²) >= 11 is 0. The Morgan fingerprint density at radius 3 is 2.54 bits per heavy atom. The van der Waals surface area contributed by atoms with Crippen LogP contribution in [-0.4, -0.2) is 67.5 Å². The summed E-state index contributed by atoms with van der Waals surface area (Å²) in [5, 5.41) is 4.19. The summed E-state index contributed by atoms with van der Waals surface area (Å²) in [6, 6.07) is 8.10. The number of piperazine rings is 1. The molecular weight excluding hydrogens is 372 g/mol. The zero-order valence-corrected chi connectivity index (χ0v) is 16.9. The number of sulfonamides is 1. The quantitative estimate of drug-likeness (QED) is 0.852. The largest absolute Gasteiger partial charge is 0.347 e. The van der Waals surface area contributed by atoms with Gasteiger partial charge in [-0.25, -0.2) is 8.42 Å². The maximum Gasteiger partial charge on any atom is 0.245 e. The minimum atomic E-state index is -3.48. The fourth-order valence-electron chi connectivity index (χ4n) is 4.22. The van der Waals surface area contributed by atoms with Gasteiger partial charge in [0.1, 0.15) is 4.90 Å². The number of benzene rings is 1. The van der Waals surface area contributed by atoms with Crippen LogP contribution in [0.3, 0.4) is 0 Å². The van der Waals surface area contributed by atoms with Crippen molar-refractivity contribution >= 4 is 33.3 Å². The molecule has 26 heavy (non-hydrogen) atoms. The van der Waals surface area contributed by atoms with Gasteiger partial charge in [0.05, 0.1) is 0 Å². The summed E-state index contributed by atoms with van der Waals surface area (Å²) in [7, 11) is -1.54. The Balaban J connectivity index is 0.00000196. The van der Waals surface area contributed by atoms with Gasteiger partial charge in [0.2, 0.25) is 10.0 Å². The summed E-state index contributed by atoms with van der Waals surface area (Å²) in [6.45, 7) is 7.11. The first-order chi connectivity index (χ1) is 12.0. The Bertz CT molecular complexity index is 890. The molecule has 1 aromatic heterocycles. The summed E-state index contributed by atoms with van der Waals surface area (Å²) in [4.78, 5) is 2.91. The zero-order valence-electron chi connectivity index (χ0n) is 15.3. The van der Waals surface area contributed by atoms with Gasteiger partial charge in [0.15, 0.2) is 0 Å². The highest BCUT2D eigenvalue weighted by Gasteiger charge is 2.37. The molecule has 2 fully saturated rings. The number of hydrogen-bond donors (Lipinski definition) is 1. The normalized spacial score (nSPS) is 22.6. The third-order valence-corrected chi connectivity index (χ3v) is 7.78. The lowest BCUT2D eigenvalue weighted by Gasteiger charge is -2.32. The highest BCUT2D eigenvalue weighted by molar-refractivity contribution is 7.89. The molecule has 0 spiro atoms. The lowest BCUT2D eigenvalue weighted by Crippen LogP contribution is -2.49. The number of fused-ring (bicyclic) bond motifs is 1. The number of para-hydroxylation sites is 1. The average Bonchev–Trinajstić information content (AvgIpc) is 3.21. The fourth-order valence-corrected chi connectivity index (χ4v) is 6.15. The van der Waals surface area contributed by atoms with Gasteiger partial charge >= 0.3 is 0 Å². The monoisotopic (exact) mass is 398 g/mol. The van der Waals surface area contributed by atoms with E-state index in [4.69, 9.17) is 0 Å². The van der Waals surface area contributed by atoms with Gasteiger partial charge in [-0.05, 0) is 19.4 Å². The van der Waals surface area contributed by atoms with Crippen molar-refractivity contribution in [3.05, 3.63) is 30.0 Å². The molecule has 2 aromatic rings. The van der Waals surface area contributed by atoms with Crippen LogP contribution < -0.4 is 5.32 Å². The molecule has 0 bridgehead atoms. The van der Waals surface area contributed by atoms with E-state index in [2.05, 4.69) is 10.2 Å². The molecule has 4 rings (SSSR count). The van der Waals surface area contributed by atoms with Crippen LogP contribution in [0.5, 0.6) is 0 Å². The molecule has 144 valence electrons. The summed E-state index contributed by atoms with van der Waals surface area (Å²) in [5.74, 6) is 0. The average molecular weight is 399 g/mol. The Morgan fingerprint density at radius 1 is 1.12 bits per heavy atom. The molecular formula is C18H27ClN4O2S. The van der Waals surface area contributed by atoms with Crippen molar-refractivity contribution in [1.82, 2.24) is 19.1 Å². The van der Waals surface area contributed by atoms with Crippen LogP contribution in [0.25, 0.3) is 10.9 Å². The van der Waals surface area contributed by atoms with Gasteiger partial charge in [-0.1, -0.05) is 18.2 Å². The van der Waals surface area contributed by atoms with Crippen molar-refractivity contribution in [2.75, 3.05) is 39.3 Å². The lowest BCUT2D eigenvalue weighted by atomic mass is 10.2. The van der Waals surface area contributed by atoms with Crippen LogP contribution in [0.1, 0.15) is 12.1 Å². The topological polar surface area (TPSA) is 57.6 Å². The van der Waals surface area contributed by atoms with E-state index < -0.39 is 10.0 Å². The third kappa shape index (κ3) is 3.16. The van der Waals surface area contributed by atoms with Crippen molar-refractivity contribution < 1.29 is 8.42 Å². The molecule has 2 aliphatic heterocycles. The second-order valence-electron chi connectivity index (χ2n) is 7.08. The highest BCUT2D eigenvalue weighted by Crippen LogP contribution is 2.33. The number of aromatic nitrogens is 1. The Morgan fingerprint density at radius 2 is 1.81 bits per heavy atom. The van der Waals surface area contributed by atoms with E-state index in [1.54, 1.807) is 4.31 Å². The van der Waals surface area contributed by atoms with Gasteiger partial charge in [-0.2, -0.15) is 4.31 Å². The second kappa shape index (κ2) is 7.48. The van der Waals surface area contributed by atoms with Crippen LogP contribution in [0.2, 0.25) is 0 Å². The fraction of sp³-hybridized carbons (Fsp3) is 0.556. The standard InChI is InChI=1S/C18H26N4O2S.ClH/c1-14-18(16-5-3-4-6-17(16)20(14)2)25(23,24)22-10-7-15(13-22)21-11-8-19-9-12-21;/h3-6,15,19H,7-13H2,1-2H3;1H. The smallest absolute Gasteiger partial charge is 0.245 e. The van der Waals surface area contributed by atoms with Gasteiger partial charge in [-0.15, -0.1) is 12.4 Å². The predicted molar refractivity (Wildman–Crippen MR) is 107 cm³/mol. The number of hydrogen-bond acceptors (Lipinski definition) is 4. The molecule has 0 saturated carbocycles. The Hall–Kier alpha value is -1.12. The molecule has 0 radical (unpaired) electrons. The second-order valence-corrected chi connectivity index (χ2v) is 8.96. The summed E-state index contributed by atoms with van der Waals surface area (Å²) in [5.41, 5.74) is 1.78. The zero-order chi connectivity index (χ0) is 17.6. The molecule has 3 heterocycles. The van der Waals surface area contributed by atoms with E-state index in [0.717, 1.165) is 49.2 Å². The predicted octanol–water partition coefficient (Wildman–Crippen LogP) is 1.58. The first-order valence-electron chi connectivity index (χ1n) is 8.99. The van der Waals surface area contributed by atoms with E-state index in [-0.39, 0.29) is 12.4 Å². The van der Waals surface area contributed by atoms with Crippen LogP contribution in [0.4, 0.5) is 0 Å². The number of nitrogens with one attached hydrogen (secondary N) is 1. The van der Waals surface area contributed by atoms with Crippen LogP contribution in [-0.2, 0) is 17.1 Å². The highest BCUT2D eigenvalue weighted by atomic mass is 35.5. The number of halogens is 1. The maximum absolute atomic E-state index is 13.4. The molecule has 2 aliphatic rings. The van der Waals surface area contributed by atoms with E-state index in [1.807, 2.05) is 42.8 Å². The molecule has 0 aliphatic carbocycles. The van der Waals surface area contributed by atoms with Crippen molar-refractivity contribution in [2.24, 2.45) is 7.05 Å². The van der Waals surface area contributed by atoms with Crippen LogP contribution in [0, 0.1) is 6.92 Å². The summed E-state index contributed by atoms with van der Waals surface area (Å²) in [6.07, 6.45) is 0.920. The number of aryl methyl sites for hydroxylation is 1. The van der Waals surface area contributed by atoms with Gasteiger partial charge in [0.25, 0.3) is 0 Å². The molecule has 1 unspecified atom stereocenters. The Kier molecular flexibility index (Phi) is 5.65. The number of rotatable bonds is 3. The maximum atomic E-state index is 13.4. The van der Waals surface area contributed by atoms with E-state index in [0.29, 0.717) is 24.0 Å². The molecule has 1 aromatic carbocycles. The number of nitrogens with zero attached hydrogens (tertiary/aromatic N) is 3. The molecule has 6 nitrogen and oxygen atoms in total. The Labute approximate surface area is 161 Å². The van der Waals surface area contributed by atoms with E-state index in [9.17, 15) is 8.42 Å². The van der Waals surface area contributed by atoms with Crippen LogP contribution >= 0.6 is 12.4 Å². The minimum Gasteiger partial charge on any atom is -0.347 e. The van der Waals surface area contributed by atoms with Gasteiger partial charge in [0, 0.05) is 69.0 Å². The van der Waals surface area contributed by atoms with E-state index in [1.165, 1.54) is 0 Å². The molecule has 0 amide bonds. The van der Waals surface area contributed by atoms with Gasteiger partial charge in [-0.3, -0.25) is 4.90 Å². The van der Waals surface area contributed by atoms with Crippen molar-refractivity contribution in [1.29, 1.82) is 0 Å². The third-order valence-electron chi connectivity index (χ3n) is 5.73. The first-order valence-corrected chi connectivity index (χ1v) is 10.4. The van der Waals surface area contributed by atoms with E-state index >= 15 is 0 Å². The van der Waals surface area contributed by atoms with Crippen LogP contribution in [0.15, 0.2) is 29.2 Å². The molecule has 8 heteroatoms.